The number of rotatable bonds is 6. The average molecular weight is 409 g/mol. The minimum absolute atomic E-state index is 0.149. The summed E-state index contributed by atoms with van der Waals surface area (Å²) in [4.78, 5) is 13.3. The molecule has 0 aliphatic carbocycles. The highest BCUT2D eigenvalue weighted by atomic mass is 32.2. The van der Waals surface area contributed by atoms with E-state index in [1.54, 1.807) is 6.21 Å². The lowest BCUT2D eigenvalue weighted by molar-refractivity contribution is -0.385. The molecule has 0 saturated carbocycles. The largest absolute Gasteiger partial charge is 0.304 e. The first-order valence-electron chi connectivity index (χ1n) is 8.17. The molecular weight excluding hydrogens is 390 g/mol. The average Bonchev–Trinajstić information content (AvgIpc) is 3.15. The minimum Gasteiger partial charge on any atom is -0.304 e. The van der Waals surface area contributed by atoms with Gasteiger partial charge in [0.05, 0.1) is 16.8 Å². The monoisotopic (exact) mass is 409 g/mol. The molecule has 2 heterocycles. The van der Waals surface area contributed by atoms with Gasteiger partial charge in [0.15, 0.2) is 0 Å². The summed E-state index contributed by atoms with van der Waals surface area (Å²) in [5, 5.41) is 17.1. The molecule has 3 rings (SSSR count). The number of nitrogens with one attached hydrogen (secondary N) is 1. The molecule has 144 valence electrons. The summed E-state index contributed by atoms with van der Waals surface area (Å²) >= 11 is 1.49. The first-order valence-corrected chi connectivity index (χ1v) is 10.5. The van der Waals surface area contributed by atoms with Crippen molar-refractivity contribution in [3.05, 3.63) is 50.7 Å². The highest BCUT2D eigenvalue weighted by Crippen LogP contribution is 2.29. The number of thiophene rings is 1. The van der Waals surface area contributed by atoms with Crippen molar-refractivity contribution in [1.82, 2.24) is 9.21 Å². The van der Waals surface area contributed by atoms with E-state index in [-0.39, 0.29) is 16.3 Å². The van der Waals surface area contributed by atoms with Crippen LogP contribution in [0.3, 0.4) is 0 Å². The van der Waals surface area contributed by atoms with E-state index in [1.807, 2.05) is 29.5 Å². The zero-order chi connectivity index (χ0) is 19.4. The first kappa shape index (κ1) is 19.4. The van der Waals surface area contributed by atoms with Gasteiger partial charge < -0.3 is 4.90 Å². The summed E-state index contributed by atoms with van der Waals surface area (Å²) in [6.45, 7) is 1.87. The maximum Gasteiger partial charge on any atom is 0.270 e. The molecule has 0 bridgehead atoms. The molecule has 1 saturated heterocycles. The van der Waals surface area contributed by atoms with E-state index >= 15 is 0 Å². The van der Waals surface area contributed by atoms with E-state index < -0.39 is 14.9 Å². The Hall–Kier alpha value is -2.34. The molecular formula is C16H19N5O4S2. The van der Waals surface area contributed by atoms with Crippen LogP contribution in [-0.2, 0) is 10.0 Å². The number of hydrazone groups is 1. The normalized spacial score (nSPS) is 16.6. The fraction of sp³-hybridized carbons (Fsp3) is 0.312. The number of sulfonamides is 1. The fourth-order valence-electron chi connectivity index (χ4n) is 2.63. The predicted molar refractivity (Wildman–Crippen MR) is 105 cm³/mol. The molecule has 2 aromatic rings. The van der Waals surface area contributed by atoms with E-state index in [0.717, 1.165) is 10.9 Å². The van der Waals surface area contributed by atoms with Crippen molar-refractivity contribution in [3.63, 3.8) is 0 Å². The summed E-state index contributed by atoms with van der Waals surface area (Å²) in [5.41, 5.74) is 2.63. The van der Waals surface area contributed by atoms with Crippen molar-refractivity contribution in [2.75, 3.05) is 38.7 Å². The smallest absolute Gasteiger partial charge is 0.270 e. The zero-order valence-corrected chi connectivity index (χ0v) is 16.2. The molecule has 1 aliphatic rings. The van der Waals surface area contributed by atoms with Crippen LogP contribution >= 0.6 is 11.3 Å². The lowest BCUT2D eigenvalue weighted by atomic mass is 10.3. The molecule has 1 aliphatic heterocycles. The van der Waals surface area contributed by atoms with Crippen LogP contribution in [0, 0.1) is 10.1 Å². The summed E-state index contributed by atoms with van der Waals surface area (Å²) in [6.07, 6.45) is 1.57. The highest BCUT2D eigenvalue weighted by molar-refractivity contribution is 7.89. The Balaban J connectivity index is 1.92. The number of hydrogen-bond acceptors (Lipinski definition) is 8. The summed E-state index contributed by atoms with van der Waals surface area (Å²) in [6, 6.07) is 7.45. The van der Waals surface area contributed by atoms with Crippen LogP contribution in [0.25, 0.3) is 0 Å². The quantitative estimate of drug-likeness (QED) is 0.444. The number of non-ortho nitro benzene ring substituents is 1. The third-order valence-electron chi connectivity index (χ3n) is 4.18. The number of benzene rings is 1. The molecule has 1 N–H and O–H groups in total. The second-order valence-corrected chi connectivity index (χ2v) is 8.92. The van der Waals surface area contributed by atoms with Gasteiger partial charge in [0, 0.05) is 43.2 Å². The van der Waals surface area contributed by atoms with Gasteiger partial charge in [0.1, 0.15) is 4.90 Å². The van der Waals surface area contributed by atoms with Gasteiger partial charge >= 0.3 is 0 Å². The van der Waals surface area contributed by atoms with E-state index in [9.17, 15) is 18.5 Å². The molecule has 27 heavy (non-hydrogen) atoms. The van der Waals surface area contributed by atoms with Gasteiger partial charge in [0.25, 0.3) is 5.69 Å². The van der Waals surface area contributed by atoms with Crippen molar-refractivity contribution in [2.24, 2.45) is 5.10 Å². The number of nitrogens with zero attached hydrogens (tertiary/aromatic N) is 4. The molecule has 9 nitrogen and oxygen atoms in total. The van der Waals surface area contributed by atoms with Crippen molar-refractivity contribution in [1.29, 1.82) is 0 Å². The minimum atomic E-state index is -3.89. The second-order valence-electron chi connectivity index (χ2n) is 6.03. The number of hydrogen-bond donors (Lipinski definition) is 1. The van der Waals surface area contributed by atoms with Crippen molar-refractivity contribution in [3.8, 4) is 0 Å². The van der Waals surface area contributed by atoms with Gasteiger partial charge in [0.2, 0.25) is 10.0 Å². The van der Waals surface area contributed by atoms with E-state index in [1.165, 1.54) is 27.8 Å². The third-order valence-corrected chi connectivity index (χ3v) is 6.92. The van der Waals surface area contributed by atoms with Gasteiger partial charge in [-0.15, -0.1) is 11.3 Å². The number of nitro benzene ring substituents is 1. The topological polar surface area (TPSA) is 108 Å². The molecule has 1 fully saturated rings. The Morgan fingerprint density at radius 2 is 2.00 bits per heavy atom. The van der Waals surface area contributed by atoms with Gasteiger partial charge in [-0.1, -0.05) is 6.07 Å². The molecule has 0 atom stereocenters. The van der Waals surface area contributed by atoms with Gasteiger partial charge in [-0.05, 0) is 24.6 Å². The van der Waals surface area contributed by atoms with Gasteiger partial charge in [-0.25, -0.2) is 8.42 Å². The summed E-state index contributed by atoms with van der Waals surface area (Å²) in [5.74, 6) is 0. The zero-order valence-electron chi connectivity index (χ0n) is 14.6. The van der Waals surface area contributed by atoms with Crippen LogP contribution in [0.2, 0.25) is 0 Å². The Morgan fingerprint density at radius 3 is 2.63 bits per heavy atom. The molecule has 0 radical (unpaired) electrons. The lowest BCUT2D eigenvalue weighted by Crippen LogP contribution is -2.47. The van der Waals surface area contributed by atoms with Crippen molar-refractivity contribution in [2.45, 2.75) is 4.90 Å². The second kappa shape index (κ2) is 8.13. The number of piperazine rings is 1. The Labute approximate surface area is 161 Å². The molecule has 1 aromatic carbocycles. The first-order chi connectivity index (χ1) is 12.9. The Morgan fingerprint density at radius 1 is 1.26 bits per heavy atom. The summed E-state index contributed by atoms with van der Waals surface area (Å²) < 4.78 is 27.5. The SMILES string of the molecule is CN1CCN(S(=O)(=O)c2cc([N+](=O)[O-])ccc2N/N=C\c2cccs2)CC1. The predicted octanol–water partition coefficient (Wildman–Crippen LogP) is 2.04. The van der Waals surface area contributed by atoms with Gasteiger partial charge in [-0.2, -0.15) is 9.41 Å². The number of likely N-dealkylation sites (N-methyl/N-ethyl adjacent to an activating group) is 1. The number of anilines is 1. The van der Waals surface area contributed by atoms with Crippen LogP contribution in [0.5, 0.6) is 0 Å². The van der Waals surface area contributed by atoms with E-state index in [2.05, 4.69) is 10.5 Å². The lowest BCUT2D eigenvalue weighted by Gasteiger charge is -2.31. The molecule has 0 unspecified atom stereocenters. The van der Waals surface area contributed by atoms with Crippen LogP contribution in [0.4, 0.5) is 11.4 Å². The van der Waals surface area contributed by atoms with Gasteiger partial charge in [-0.3, -0.25) is 15.5 Å². The standard InChI is InChI=1S/C16H19N5O4S2/c1-19-6-8-20(9-7-19)27(24,25)16-11-13(21(22)23)4-5-15(16)18-17-12-14-3-2-10-26-14/h2-5,10-12,18H,6-9H2,1H3/b17-12-. The Bertz CT molecular complexity index is 936. The number of nitro groups is 1. The van der Waals surface area contributed by atoms with E-state index in [0.29, 0.717) is 26.2 Å². The molecule has 11 heteroatoms. The molecule has 1 aromatic heterocycles. The van der Waals surface area contributed by atoms with Crippen molar-refractivity contribution < 1.29 is 13.3 Å². The molecule has 0 spiro atoms. The van der Waals surface area contributed by atoms with Crippen LogP contribution in [0.1, 0.15) is 4.88 Å². The maximum atomic E-state index is 13.1. The van der Waals surface area contributed by atoms with Crippen LogP contribution in [-0.4, -0.2) is 62.0 Å². The van der Waals surface area contributed by atoms with E-state index in [4.69, 9.17) is 0 Å². The Kier molecular flexibility index (Phi) is 5.85. The highest BCUT2D eigenvalue weighted by Gasteiger charge is 2.31. The van der Waals surface area contributed by atoms with Crippen molar-refractivity contribution >= 4 is 38.9 Å². The maximum absolute atomic E-state index is 13.1. The van der Waals surface area contributed by atoms with Crippen LogP contribution < -0.4 is 5.43 Å². The third kappa shape index (κ3) is 4.50. The van der Waals surface area contributed by atoms with Crippen LogP contribution in [0.15, 0.2) is 45.7 Å². The molecule has 0 amide bonds. The fourth-order valence-corrected chi connectivity index (χ4v) is 4.80. The summed E-state index contributed by atoms with van der Waals surface area (Å²) in [7, 11) is -1.97.